The van der Waals surface area contributed by atoms with Gasteiger partial charge in [-0.15, -0.1) is 0 Å². The van der Waals surface area contributed by atoms with Gasteiger partial charge < -0.3 is 14.5 Å². The second kappa shape index (κ2) is 8.93. The molecule has 3 aromatic rings. The molecule has 1 heterocycles. The van der Waals surface area contributed by atoms with E-state index in [1.54, 1.807) is 48.5 Å². The summed E-state index contributed by atoms with van der Waals surface area (Å²) < 4.78 is 37.9. The van der Waals surface area contributed by atoms with Gasteiger partial charge in [-0.25, -0.2) is 8.42 Å². The molecule has 2 aromatic carbocycles. The minimum atomic E-state index is -3.92. The number of ether oxygens (including phenoxy) is 1. The van der Waals surface area contributed by atoms with E-state index in [1.165, 1.54) is 25.5 Å². The SMILES string of the molecule is COc1ccccc1NC(=O)CN(Cc1ccco1)S(=O)(=O)c1ccc(C)cc1. The highest BCUT2D eigenvalue weighted by atomic mass is 32.2. The topological polar surface area (TPSA) is 88.8 Å². The minimum absolute atomic E-state index is 0.0669. The zero-order valence-electron chi connectivity index (χ0n) is 16.2. The van der Waals surface area contributed by atoms with Crippen LogP contribution in [0.2, 0.25) is 0 Å². The van der Waals surface area contributed by atoms with Gasteiger partial charge in [-0.1, -0.05) is 29.8 Å². The molecule has 0 aliphatic carbocycles. The molecule has 152 valence electrons. The Balaban J connectivity index is 1.85. The lowest BCUT2D eigenvalue weighted by molar-refractivity contribution is -0.116. The number of rotatable bonds is 8. The highest BCUT2D eigenvalue weighted by Crippen LogP contribution is 2.24. The summed E-state index contributed by atoms with van der Waals surface area (Å²) in [6, 6.07) is 16.7. The molecule has 0 fully saturated rings. The molecule has 0 aliphatic heterocycles. The van der Waals surface area contributed by atoms with Gasteiger partial charge >= 0.3 is 0 Å². The quantitative estimate of drug-likeness (QED) is 0.610. The summed E-state index contributed by atoms with van der Waals surface area (Å²) >= 11 is 0. The summed E-state index contributed by atoms with van der Waals surface area (Å²) in [4.78, 5) is 12.8. The number of nitrogens with zero attached hydrogens (tertiary/aromatic N) is 1. The van der Waals surface area contributed by atoms with Crippen molar-refractivity contribution in [1.29, 1.82) is 0 Å². The van der Waals surface area contributed by atoms with Gasteiger partial charge in [0.05, 0.1) is 37.0 Å². The van der Waals surface area contributed by atoms with E-state index in [9.17, 15) is 13.2 Å². The van der Waals surface area contributed by atoms with Crippen molar-refractivity contribution in [3.05, 3.63) is 78.3 Å². The summed E-state index contributed by atoms with van der Waals surface area (Å²) in [5.41, 5.74) is 1.40. The number of benzene rings is 2. The van der Waals surface area contributed by atoms with Gasteiger partial charge in [0, 0.05) is 0 Å². The lowest BCUT2D eigenvalue weighted by Crippen LogP contribution is -2.37. The fourth-order valence-electron chi connectivity index (χ4n) is 2.76. The predicted octanol–water partition coefficient (Wildman–Crippen LogP) is 3.43. The van der Waals surface area contributed by atoms with Crippen LogP contribution in [0.15, 0.2) is 76.2 Å². The number of methoxy groups -OCH3 is 1. The first-order chi connectivity index (χ1) is 13.9. The van der Waals surface area contributed by atoms with E-state index in [2.05, 4.69) is 5.32 Å². The number of nitrogens with one attached hydrogen (secondary N) is 1. The van der Waals surface area contributed by atoms with Crippen LogP contribution in [-0.4, -0.2) is 32.3 Å². The van der Waals surface area contributed by atoms with Crippen molar-refractivity contribution >= 4 is 21.6 Å². The largest absolute Gasteiger partial charge is 0.495 e. The molecule has 0 radical (unpaired) electrons. The monoisotopic (exact) mass is 414 g/mol. The number of carbonyl (C=O) groups is 1. The van der Waals surface area contributed by atoms with Gasteiger partial charge in [0.25, 0.3) is 0 Å². The van der Waals surface area contributed by atoms with Crippen LogP contribution in [0.3, 0.4) is 0 Å². The average Bonchev–Trinajstić information content (AvgIpc) is 3.21. The molecular formula is C21H22N2O5S. The highest BCUT2D eigenvalue weighted by molar-refractivity contribution is 7.89. The van der Waals surface area contributed by atoms with Crippen molar-refractivity contribution in [3.63, 3.8) is 0 Å². The molecule has 7 nitrogen and oxygen atoms in total. The van der Waals surface area contributed by atoms with Gasteiger partial charge in [-0.2, -0.15) is 4.31 Å². The molecule has 3 rings (SSSR count). The lowest BCUT2D eigenvalue weighted by atomic mass is 10.2. The Labute approximate surface area is 170 Å². The van der Waals surface area contributed by atoms with Gasteiger partial charge in [0.15, 0.2) is 0 Å². The lowest BCUT2D eigenvalue weighted by Gasteiger charge is -2.21. The second-order valence-electron chi connectivity index (χ2n) is 6.41. The highest BCUT2D eigenvalue weighted by Gasteiger charge is 2.28. The summed E-state index contributed by atoms with van der Waals surface area (Å²) in [6.45, 7) is 1.43. The van der Waals surface area contributed by atoms with Crippen LogP contribution in [0.5, 0.6) is 5.75 Å². The van der Waals surface area contributed by atoms with Crippen LogP contribution in [0.4, 0.5) is 5.69 Å². The van der Waals surface area contributed by atoms with Crippen molar-refractivity contribution in [2.75, 3.05) is 19.0 Å². The first kappa shape index (κ1) is 20.6. The third-order valence-electron chi connectivity index (χ3n) is 4.27. The smallest absolute Gasteiger partial charge is 0.243 e. The Morgan fingerprint density at radius 3 is 2.45 bits per heavy atom. The normalized spacial score (nSPS) is 11.4. The summed E-state index contributed by atoms with van der Waals surface area (Å²) in [5, 5.41) is 2.70. The Hall–Kier alpha value is -3.10. The minimum Gasteiger partial charge on any atom is -0.495 e. The molecule has 29 heavy (non-hydrogen) atoms. The molecule has 0 saturated heterocycles. The van der Waals surface area contributed by atoms with Crippen molar-refractivity contribution in [1.82, 2.24) is 4.31 Å². The third kappa shape index (κ3) is 5.04. The van der Waals surface area contributed by atoms with Crippen molar-refractivity contribution < 1.29 is 22.4 Å². The number of para-hydroxylation sites is 2. The standard InChI is InChI=1S/C21H22N2O5S/c1-16-9-11-18(12-10-16)29(25,26)23(14-17-6-5-13-28-17)15-21(24)22-19-7-3-4-8-20(19)27-2/h3-13H,14-15H2,1-2H3,(H,22,24). The number of anilines is 1. The molecule has 1 amide bonds. The number of carbonyl (C=O) groups excluding carboxylic acids is 1. The Morgan fingerprint density at radius 2 is 1.79 bits per heavy atom. The molecule has 0 spiro atoms. The van der Waals surface area contributed by atoms with Gasteiger partial charge in [-0.3, -0.25) is 4.79 Å². The molecule has 0 atom stereocenters. The number of amides is 1. The zero-order valence-corrected chi connectivity index (χ0v) is 17.0. The number of aryl methyl sites for hydroxylation is 1. The van der Waals surface area contributed by atoms with E-state index < -0.39 is 15.9 Å². The van der Waals surface area contributed by atoms with Crippen LogP contribution in [0, 0.1) is 6.92 Å². The van der Waals surface area contributed by atoms with Crippen molar-refractivity contribution in [2.45, 2.75) is 18.4 Å². The Bertz CT molecular complexity index is 1060. The number of furan rings is 1. The molecule has 1 N–H and O–H groups in total. The van der Waals surface area contributed by atoms with E-state index in [4.69, 9.17) is 9.15 Å². The van der Waals surface area contributed by atoms with Gasteiger partial charge in [0.1, 0.15) is 11.5 Å². The molecule has 0 bridgehead atoms. The number of hydrogen-bond donors (Lipinski definition) is 1. The van der Waals surface area contributed by atoms with Gasteiger partial charge in [-0.05, 0) is 43.3 Å². The second-order valence-corrected chi connectivity index (χ2v) is 8.35. The molecule has 8 heteroatoms. The van der Waals surface area contributed by atoms with E-state index in [1.807, 2.05) is 6.92 Å². The van der Waals surface area contributed by atoms with E-state index in [0.717, 1.165) is 9.87 Å². The Kier molecular flexibility index (Phi) is 6.36. The van der Waals surface area contributed by atoms with E-state index >= 15 is 0 Å². The molecule has 0 saturated carbocycles. The molecule has 0 unspecified atom stereocenters. The summed E-state index contributed by atoms with van der Waals surface area (Å²) in [6.07, 6.45) is 1.46. The van der Waals surface area contributed by atoms with Crippen LogP contribution < -0.4 is 10.1 Å². The van der Waals surface area contributed by atoms with Crippen molar-refractivity contribution in [2.24, 2.45) is 0 Å². The molecular weight excluding hydrogens is 392 g/mol. The van der Waals surface area contributed by atoms with E-state index in [0.29, 0.717) is 17.2 Å². The average molecular weight is 414 g/mol. The molecule has 0 aliphatic rings. The van der Waals surface area contributed by atoms with Gasteiger partial charge in [0.2, 0.25) is 15.9 Å². The summed E-state index contributed by atoms with van der Waals surface area (Å²) in [7, 11) is -2.42. The summed E-state index contributed by atoms with van der Waals surface area (Å²) in [5.74, 6) is 0.433. The Morgan fingerprint density at radius 1 is 1.07 bits per heavy atom. The fourth-order valence-corrected chi connectivity index (χ4v) is 4.12. The number of hydrogen-bond acceptors (Lipinski definition) is 5. The van der Waals surface area contributed by atoms with Crippen LogP contribution >= 0.6 is 0 Å². The van der Waals surface area contributed by atoms with E-state index in [-0.39, 0.29) is 18.0 Å². The maximum atomic E-state index is 13.2. The first-order valence-electron chi connectivity index (χ1n) is 8.92. The number of sulfonamides is 1. The predicted molar refractivity (Wildman–Crippen MR) is 109 cm³/mol. The first-order valence-corrected chi connectivity index (χ1v) is 10.4. The molecule has 1 aromatic heterocycles. The van der Waals surface area contributed by atoms with Crippen LogP contribution in [-0.2, 0) is 21.4 Å². The van der Waals surface area contributed by atoms with Crippen LogP contribution in [0.1, 0.15) is 11.3 Å². The maximum Gasteiger partial charge on any atom is 0.243 e. The third-order valence-corrected chi connectivity index (χ3v) is 6.08. The zero-order chi connectivity index (χ0) is 20.9. The van der Waals surface area contributed by atoms with Crippen molar-refractivity contribution in [3.8, 4) is 5.75 Å². The fraction of sp³-hybridized carbons (Fsp3) is 0.190. The maximum absolute atomic E-state index is 13.2. The van der Waals surface area contributed by atoms with Crippen LogP contribution in [0.25, 0.3) is 0 Å².